The van der Waals surface area contributed by atoms with Crippen molar-refractivity contribution in [3.05, 3.63) is 29.8 Å². The minimum absolute atomic E-state index is 0.0270. The van der Waals surface area contributed by atoms with Gasteiger partial charge < -0.3 is 25.0 Å². The second kappa shape index (κ2) is 11.8. The van der Waals surface area contributed by atoms with Crippen LogP contribution in [0.15, 0.2) is 29.3 Å². The first kappa shape index (κ1) is 22.3. The van der Waals surface area contributed by atoms with Crippen molar-refractivity contribution in [3.8, 4) is 5.75 Å². The SMILES string of the molecule is CCNC(=NCc1cccc(OCCN(C)CCOC)c1)NC(C)(C)C. The number of hydrogen-bond acceptors (Lipinski definition) is 4. The van der Waals surface area contributed by atoms with Gasteiger partial charge in [-0.2, -0.15) is 0 Å². The first-order chi connectivity index (χ1) is 12.3. The molecular weight excluding hydrogens is 328 g/mol. The molecule has 0 spiro atoms. The van der Waals surface area contributed by atoms with E-state index in [2.05, 4.69) is 67.4 Å². The van der Waals surface area contributed by atoms with E-state index in [1.54, 1.807) is 7.11 Å². The van der Waals surface area contributed by atoms with Crippen molar-refractivity contribution in [1.82, 2.24) is 15.5 Å². The second-order valence-electron chi connectivity index (χ2n) is 7.36. The van der Waals surface area contributed by atoms with Gasteiger partial charge in [-0.1, -0.05) is 12.1 Å². The molecule has 6 nitrogen and oxygen atoms in total. The Bertz CT molecular complexity index is 541. The van der Waals surface area contributed by atoms with E-state index in [4.69, 9.17) is 9.47 Å². The number of methoxy groups -OCH3 is 1. The van der Waals surface area contributed by atoms with Gasteiger partial charge >= 0.3 is 0 Å². The van der Waals surface area contributed by atoms with Gasteiger partial charge in [0.05, 0.1) is 13.2 Å². The molecule has 0 radical (unpaired) electrons. The number of likely N-dealkylation sites (N-methyl/N-ethyl adjacent to an activating group) is 1. The molecule has 0 aromatic heterocycles. The molecule has 0 atom stereocenters. The summed E-state index contributed by atoms with van der Waals surface area (Å²) < 4.78 is 11.0. The minimum atomic E-state index is -0.0270. The zero-order valence-corrected chi connectivity index (χ0v) is 17.3. The van der Waals surface area contributed by atoms with Gasteiger partial charge in [0.25, 0.3) is 0 Å². The third-order valence-electron chi connectivity index (χ3n) is 3.57. The van der Waals surface area contributed by atoms with Gasteiger partial charge in [-0.15, -0.1) is 0 Å². The summed E-state index contributed by atoms with van der Waals surface area (Å²) in [4.78, 5) is 6.86. The van der Waals surface area contributed by atoms with Gasteiger partial charge in [0, 0.05) is 32.3 Å². The number of nitrogens with zero attached hydrogens (tertiary/aromatic N) is 2. The van der Waals surface area contributed by atoms with Crippen LogP contribution in [0.25, 0.3) is 0 Å². The Morgan fingerprint density at radius 1 is 1.19 bits per heavy atom. The highest BCUT2D eigenvalue weighted by molar-refractivity contribution is 5.80. The molecule has 0 aliphatic rings. The normalized spacial score (nSPS) is 12.3. The fourth-order valence-electron chi connectivity index (χ4n) is 2.24. The Morgan fingerprint density at radius 2 is 1.92 bits per heavy atom. The molecule has 0 unspecified atom stereocenters. The monoisotopic (exact) mass is 364 g/mol. The Morgan fingerprint density at radius 3 is 2.58 bits per heavy atom. The maximum absolute atomic E-state index is 5.87. The standard InChI is InChI=1S/C20H36N4O2/c1-7-21-19(23-20(2,3)4)22-16-17-9-8-10-18(15-17)26-14-12-24(5)11-13-25-6/h8-10,15H,7,11-14,16H2,1-6H3,(H2,21,22,23). The number of rotatable bonds is 10. The van der Waals surface area contributed by atoms with E-state index in [0.29, 0.717) is 13.2 Å². The van der Waals surface area contributed by atoms with Gasteiger partial charge in [-0.05, 0) is 52.4 Å². The number of aliphatic imine (C=N–C) groups is 1. The average Bonchev–Trinajstić information content (AvgIpc) is 2.57. The average molecular weight is 365 g/mol. The van der Waals surface area contributed by atoms with Crippen LogP contribution >= 0.6 is 0 Å². The molecule has 0 fully saturated rings. The third kappa shape index (κ3) is 10.3. The maximum atomic E-state index is 5.87. The maximum Gasteiger partial charge on any atom is 0.191 e. The fourth-order valence-corrected chi connectivity index (χ4v) is 2.24. The largest absolute Gasteiger partial charge is 0.492 e. The van der Waals surface area contributed by atoms with Crippen LogP contribution in [-0.2, 0) is 11.3 Å². The fraction of sp³-hybridized carbons (Fsp3) is 0.650. The van der Waals surface area contributed by atoms with Crippen LogP contribution in [0.3, 0.4) is 0 Å². The van der Waals surface area contributed by atoms with Gasteiger partial charge in [0.1, 0.15) is 12.4 Å². The highest BCUT2D eigenvalue weighted by Crippen LogP contribution is 2.14. The third-order valence-corrected chi connectivity index (χ3v) is 3.57. The zero-order valence-electron chi connectivity index (χ0n) is 17.3. The number of ether oxygens (including phenoxy) is 2. The van der Waals surface area contributed by atoms with Crippen LogP contribution in [-0.4, -0.2) is 63.4 Å². The molecule has 0 heterocycles. The molecule has 1 aromatic rings. The lowest BCUT2D eigenvalue weighted by Crippen LogP contribution is -2.47. The van der Waals surface area contributed by atoms with Gasteiger partial charge in [-0.25, -0.2) is 4.99 Å². The Kier molecular flexibility index (Phi) is 10.1. The molecule has 2 N–H and O–H groups in total. The number of guanidine groups is 1. The molecule has 1 rings (SSSR count). The summed E-state index contributed by atoms with van der Waals surface area (Å²) in [5, 5.41) is 6.68. The number of benzene rings is 1. The van der Waals surface area contributed by atoms with Crippen molar-refractivity contribution in [1.29, 1.82) is 0 Å². The van der Waals surface area contributed by atoms with Crippen LogP contribution in [0, 0.1) is 0 Å². The van der Waals surface area contributed by atoms with Crippen molar-refractivity contribution in [3.63, 3.8) is 0 Å². The summed E-state index contributed by atoms with van der Waals surface area (Å²) in [5.74, 6) is 1.71. The summed E-state index contributed by atoms with van der Waals surface area (Å²) in [5.41, 5.74) is 1.10. The van der Waals surface area contributed by atoms with Crippen molar-refractivity contribution < 1.29 is 9.47 Å². The zero-order chi connectivity index (χ0) is 19.4. The Labute approximate surface area is 159 Å². The molecule has 6 heteroatoms. The lowest BCUT2D eigenvalue weighted by Gasteiger charge is -2.23. The van der Waals surface area contributed by atoms with E-state index in [0.717, 1.165) is 43.5 Å². The first-order valence-corrected chi connectivity index (χ1v) is 9.29. The molecular formula is C20H36N4O2. The summed E-state index contributed by atoms with van der Waals surface area (Å²) in [6, 6.07) is 8.13. The van der Waals surface area contributed by atoms with Crippen LogP contribution in [0.1, 0.15) is 33.3 Å². The van der Waals surface area contributed by atoms with Gasteiger partial charge in [0.2, 0.25) is 0 Å². The van der Waals surface area contributed by atoms with E-state index in [-0.39, 0.29) is 5.54 Å². The second-order valence-corrected chi connectivity index (χ2v) is 7.36. The van der Waals surface area contributed by atoms with Crippen LogP contribution in [0.4, 0.5) is 0 Å². The molecule has 1 aromatic carbocycles. The highest BCUT2D eigenvalue weighted by Gasteiger charge is 2.11. The van der Waals surface area contributed by atoms with Crippen molar-refractivity contribution in [2.24, 2.45) is 4.99 Å². The predicted octanol–water partition coefficient (Wildman–Crippen LogP) is 2.50. The quantitative estimate of drug-likeness (QED) is 0.493. The molecule has 0 aliphatic heterocycles. The highest BCUT2D eigenvalue weighted by atomic mass is 16.5. The molecule has 0 saturated carbocycles. The number of nitrogens with one attached hydrogen (secondary N) is 2. The molecule has 0 saturated heterocycles. The van der Waals surface area contributed by atoms with E-state index in [1.807, 2.05) is 12.1 Å². The molecule has 0 amide bonds. The van der Waals surface area contributed by atoms with E-state index < -0.39 is 0 Å². The topological polar surface area (TPSA) is 58.1 Å². The lowest BCUT2D eigenvalue weighted by molar-refractivity contribution is 0.150. The van der Waals surface area contributed by atoms with Crippen LogP contribution < -0.4 is 15.4 Å². The Hall–Kier alpha value is -1.79. The van der Waals surface area contributed by atoms with E-state index in [1.165, 1.54) is 0 Å². The minimum Gasteiger partial charge on any atom is -0.492 e. The van der Waals surface area contributed by atoms with Crippen LogP contribution in [0.5, 0.6) is 5.75 Å². The van der Waals surface area contributed by atoms with Crippen molar-refractivity contribution >= 4 is 5.96 Å². The van der Waals surface area contributed by atoms with Gasteiger partial charge in [0.15, 0.2) is 5.96 Å². The lowest BCUT2D eigenvalue weighted by atomic mass is 10.1. The van der Waals surface area contributed by atoms with Crippen molar-refractivity contribution in [2.75, 3.05) is 47.0 Å². The first-order valence-electron chi connectivity index (χ1n) is 9.29. The summed E-state index contributed by atoms with van der Waals surface area (Å²) >= 11 is 0. The Balaban J connectivity index is 2.55. The molecule has 0 bridgehead atoms. The van der Waals surface area contributed by atoms with Crippen molar-refractivity contribution in [2.45, 2.75) is 39.8 Å². The van der Waals surface area contributed by atoms with E-state index in [9.17, 15) is 0 Å². The summed E-state index contributed by atoms with van der Waals surface area (Å²) in [6.45, 7) is 13.0. The van der Waals surface area contributed by atoms with Gasteiger partial charge in [-0.3, -0.25) is 0 Å². The predicted molar refractivity (Wildman–Crippen MR) is 109 cm³/mol. The summed E-state index contributed by atoms with van der Waals surface area (Å²) in [7, 11) is 3.79. The molecule has 26 heavy (non-hydrogen) atoms. The molecule has 148 valence electrons. The summed E-state index contributed by atoms with van der Waals surface area (Å²) in [6.07, 6.45) is 0. The number of hydrogen-bond donors (Lipinski definition) is 2. The molecule has 0 aliphatic carbocycles. The van der Waals surface area contributed by atoms with Crippen LogP contribution in [0.2, 0.25) is 0 Å². The van der Waals surface area contributed by atoms with E-state index >= 15 is 0 Å². The smallest absolute Gasteiger partial charge is 0.191 e.